The fourth-order valence-electron chi connectivity index (χ4n) is 1.44. The summed E-state index contributed by atoms with van der Waals surface area (Å²) in [7, 11) is 0. The zero-order valence-corrected chi connectivity index (χ0v) is 8.38. The van der Waals surface area contributed by atoms with Gasteiger partial charge in [-0.15, -0.1) is 12.6 Å². The fraction of sp³-hybridized carbons (Fsp3) is 0.182. The lowest BCUT2D eigenvalue weighted by Gasteiger charge is -2.03. The first-order valence-corrected chi connectivity index (χ1v) is 4.82. The summed E-state index contributed by atoms with van der Waals surface area (Å²) in [5, 5.41) is 1.17. The van der Waals surface area contributed by atoms with Crippen molar-refractivity contribution in [3.05, 3.63) is 36.0 Å². The molecule has 1 aromatic heterocycles. The van der Waals surface area contributed by atoms with Gasteiger partial charge in [0.2, 0.25) is 0 Å². The monoisotopic (exact) mass is 189 g/mol. The van der Waals surface area contributed by atoms with Gasteiger partial charge in [0.25, 0.3) is 0 Å². The van der Waals surface area contributed by atoms with E-state index in [0.29, 0.717) is 0 Å². The van der Waals surface area contributed by atoms with Crippen LogP contribution in [0.25, 0.3) is 10.9 Å². The van der Waals surface area contributed by atoms with Crippen LogP contribution in [0.1, 0.15) is 12.5 Å². The molecule has 13 heavy (non-hydrogen) atoms. The molecule has 0 amide bonds. The van der Waals surface area contributed by atoms with E-state index in [1.54, 1.807) is 6.20 Å². The zero-order chi connectivity index (χ0) is 9.26. The first-order chi connectivity index (χ1) is 6.31. The van der Waals surface area contributed by atoms with E-state index in [1.165, 1.54) is 10.9 Å². The molecule has 0 aliphatic rings. The Bertz CT molecular complexity index is 437. The van der Waals surface area contributed by atoms with Gasteiger partial charge in [-0.1, -0.05) is 13.0 Å². The molecule has 0 bridgehead atoms. The summed E-state index contributed by atoms with van der Waals surface area (Å²) in [6.45, 7) is 2.14. The molecule has 0 aliphatic carbocycles. The van der Waals surface area contributed by atoms with Crippen molar-refractivity contribution in [3.63, 3.8) is 0 Å². The van der Waals surface area contributed by atoms with Gasteiger partial charge in [-0.3, -0.25) is 4.98 Å². The Morgan fingerprint density at radius 3 is 3.00 bits per heavy atom. The first kappa shape index (κ1) is 8.57. The molecule has 0 saturated heterocycles. The predicted molar refractivity (Wildman–Crippen MR) is 58.4 cm³/mol. The Morgan fingerprint density at radius 2 is 2.23 bits per heavy atom. The van der Waals surface area contributed by atoms with Gasteiger partial charge < -0.3 is 0 Å². The molecule has 0 fully saturated rings. The Kier molecular flexibility index (Phi) is 2.23. The van der Waals surface area contributed by atoms with Gasteiger partial charge in [-0.25, -0.2) is 0 Å². The quantitative estimate of drug-likeness (QED) is 0.680. The number of fused-ring (bicyclic) bond motifs is 1. The largest absolute Gasteiger partial charge is 0.255 e. The van der Waals surface area contributed by atoms with Crippen LogP contribution < -0.4 is 0 Å². The van der Waals surface area contributed by atoms with Crippen LogP contribution in [-0.2, 0) is 6.42 Å². The highest BCUT2D eigenvalue weighted by Crippen LogP contribution is 2.21. The van der Waals surface area contributed by atoms with E-state index in [0.717, 1.165) is 16.8 Å². The summed E-state index contributed by atoms with van der Waals surface area (Å²) < 4.78 is 0. The molecule has 0 radical (unpaired) electrons. The summed E-state index contributed by atoms with van der Waals surface area (Å²) >= 11 is 4.41. The fourth-order valence-corrected chi connectivity index (χ4v) is 1.79. The normalized spacial score (nSPS) is 10.6. The van der Waals surface area contributed by atoms with E-state index in [-0.39, 0.29) is 0 Å². The molecule has 0 N–H and O–H groups in total. The zero-order valence-electron chi connectivity index (χ0n) is 7.49. The number of rotatable bonds is 1. The van der Waals surface area contributed by atoms with Crippen molar-refractivity contribution in [1.29, 1.82) is 0 Å². The molecule has 1 heterocycles. The standard InChI is InChI=1S/C11H11NS/c1-2-8-6-9-4-3-5-12-11(9)10(13)7-8/h3-7,13H,2H2,1H3. The van der Waals surface area contributed by atoms with Crippen molar-refractivity contribution in [2.75, 3.05) is 0 Å². The lowest BCUT2D eigenvalue weighted by atomic mass is 10.1. The van der Waals surface area contributed by atoms with E-state index >= 15 is 0 Å². The first-order valence-electron chi connectivity index (χ1n) is 4.38. The van der Waals surface area contributed by atoms with Crippen LogP contribution in [0.3, 0.4) is 0 Å². The molecule has 0 spiro atoms. The Morgan fingerprint density at radius 1 is 1.38 bits per heavy atom. The Hall–Kier alpha value is -1.02. The summed E-state index contributed by atoms with van der Waals surface area (Å²) in [6, 6.07) is 8.27. The van der Waals surface area contributed by atoms with E-state index in [2.05, 4.69) is 42.7 Å². The maximum absolute atomic E-state index is 4.41. The van der Waals surface area contributed by atoms with Crippen LogP contribution in [0.15, 0.2) is 35.4 Å². The maximum Gasteiger partial charge on any atom is 0.0835 e. The van der Waals surface area contributed by atoms with Crippen LogP contribution in [0.2, 0.25) is 0 Å². The van der Waals surface area contributed by atoms with Gasteiger partial charge in [-0.2, -0.15) is 0 Å². The topological polar surface area (TPSA) is 12.9 Å². The van der Waals surface area contributed by atoms with Crippen molar-refractivity contribution in [1.82, 2.24) is 4.98 Å². The third-order valence-corrected chi connectivity index (χ3v) is 2.49. The number of aryl methyl sites for hydroxylation is 1. The van der Waals surface area contributed by atoms with Crippen molar-refractivity contribution in [3.8, 4) is 0 Å². The summed E-state index contributed by atoms with van der Waals surface area (Å²) in [5.41, 5.74) is 2.30. The van der Waals surface area contributed by atoms with E-state index in [4.69, 9.17) is 0 Å². The van der Waals surface area contributed by atoms with E-state index in [9.17, 15) is 0 Å². The average molecular weight is 189 g/mol. The number of thiol groups is 1. The minimum atomic E-state index is 0.968. The highest BCUT2D eigenvalue weighted by molar-refractivity contribution is 7.80. The van der Waals surface area contributed by atoms with Gasteiger partial charge in [-0.05, 0) is 30.2 Å². The smallest absolute Gasteiger partial charge is 0.0835 e. The SMILES string of the molecule is CCc1cc(S)c2ncccc2c1. The molecule has 0 unspecified atom stereocenters. The van der Waals surface area contributed by atoms with Crippen LogP contribution in [0, 0.1) is 0 Å². The third kappa shape index (κ3) is 1.54. The molecular weight excluding hydrogens is 178 g/mol. The van der Waals surface area contributed by atoms with Crippen molar-refractivity contribution in [2.24, 2.45) is 0 Å². The second kappa shape index (κ2) is 3.38. The molecule has 0 saturated carbocycles. The Labute approximate surface area is 83.2 Å². The summed E-state index contributed by atoms with van der Waals surface area (Å²) in [5.74, 6) is 0. The Balaban J connectivity index is 2.77. The third-order valence-electron chi connectivity index (χ3n) is 2.15. The maximum atomic E-state index is 4.41. The van der Waals surface area contributed by atoms with E-state index < -0.39 is 0 Å². The molecule has 2 rings (SSSR count). The molecule has 66 valence electrons. The highest BCUT2D eigenvalue weighted by atomic mass is 32.1. The van der Waals surface area contributed by atoms with Crippen LogP contribution >= 0.6 is 12.6 Å². The summed E-state index contributed by atoms with van der Waals surface area (Å²) in [6.07, 6.45) is 2.84. The highest BCUT2D eigenvalue weighted by Gasteiger charge is 2.00. The number of hydrogen-bond acceptors (Lipinski definition) is 2. The number of benzene rings is 1. The molecule has 1 nitrogen and oxygen atoms in total. The lowest BCUT2D eigenvalue weighted by molar-refractivity contribution is 1.13. The molecule has 0 aliphatic heterocycles. The molecule has 0 atom stereocenters. The number of hydrogen-bond donors (Lipinski definition) is 1. The minimum absolute atomic E-state index is 0.968. The average Bonchev–Trinajstić information content (AvgIpc) is 2.18. The molecule has 2 heteroatoms. The van der Waals surface area contributed by atoms with Crippen molar-refractivity contribution in [2.45, 2.75) is 18.2 Å². The van der Waals surface area contributed by atoms with Gasteiger partial charge in [0.1, 0.15) is 0 Å². The van der Waals surface area contributed by atoms with Crippen molar-refractivity contribution < 1.29 is 0 Å². The second-order valence-electron chi connectivity index (χ2n) is 3.04. The lowest BCUT2D eigenvalue weighted by Crippen LogP contribution is -1.84. The minimum Gasteiger partial charge on any atom is -0.255 e. The van der Waals surface area contributed by atoms with Gasteiger partial charge >= 0.3 is 0 Å². The number of nitrogens with zero attached hydrogens (tertiary/aromatic N) is 1. The molecular formula is C11H11NS. The van der Waals surface area contributed by atoms with Gasteiger partial charge in [0.05, 0.1) is 5.52 Å². The molecule has 1 aromatic carbocycles. The van der Waals surface area contributed by atoms with Crippen LogP contribution in [-0.4, -0.2) is 4.98 Å². The van der Waals surface area contributed by atoms with Crippen LogP contribution in [0.4, 0.5) is 0 Å². The predicted octanol–water partition coefficient (Wildman–Crippen LogP) is 3.09. The van der Waals surface area contributed by atoms with Gasteiger partial charge in [0, 0.05) is 16.5 Å². The number of pyridine rings is 1. The van der Waals surface area contributed by atoms with E-state index in [1.807, 2.05) is 6.07 Å². The summed E-state index contributed by atoms with van der Waals surface area (Å²) in [4.78, 5) is 5.25. The van der Waals surface area contributed by atoms with Crippen molar-refractivity contribution >= 4 is 23.5 Å². The second-order valence-corrected chi connectivity index (χ2v) is 3.53. The number of aromatic nitrogens is 1. The van der Waals surface area contributed by atoms with Gasteiger partial charge in [0.15, 0.2) is 0 Å². The van der Waals surface area contributed by atoms with Crippen LogP contribution in [0.5, 0.6) is 0 Å². The molecule has 2 aromatic rings.